The highest BCUT2D eigenvalue weighted by Crippen LogP contribution is 2.07. The van der Waals surface area contributed by atoms with Gasteiger partial charge in [-0.25, -0.2) is 0 Å². The summed E-state index contributed by atoms with van der Waals surface area (Å²) in [5.74, 6) is 0.580. The molecule has 2 rings (SSSR count). The van der Waals surface area contributed by atoms with E-state index >= 15 is 0 Å². The summed E-state index contributed by atoms with van der Waals surface area (Å²) in [6.07, 6.45) is 3.34. The summed E-state index contributed by atoms with van der Waals surface area (Å²) in [7, 11) is 0. The average molecular weight is 223 g/mol. The molecule has 4 nitrogen and oxygen atoms in total. The van der Waals surface area contributed by atoms with Gasteiger partial charge in [0.1, 0.15) is 0 Å². The molecule has 0 aromatic carbocycles. The Balaban J connectivity index is 2.03. The molecule has 1 aromatic heterocycles. The van der Waals surface area contributed by atoms with Gasteiger partial charge in [0.05, 0.1) is 6.54 Å². The molecule has 0 bridgehead atoms. The SMILES string of the molecule is CC(C)Cc1cc(=O)n(CC2CCCN2)[nH]1. The molecule has 1 saturated heterocycles. The van der Waals surface area contributed by atoms with Crippen molar-refractivity contribution < 1.29 is 0 Å². The molecular weight excluding hydrogens is 202 g/mol. The van der Waals surface area contributed by atoms with Gasteiger partial charge < -0.3 is 5.32 Å². The van der Waals surface area contributed by atoms with E-state index in [0.717, 1.165) is 25.2 Å². The molecule has 1 unspecified atom stereocenters. The van der Waals surface area contributed by atoms with Crippen LogP contribution in [0.1, 0.15) is 32.4 Å². The molecule has 1 aliphatic rings. The Labute approximate surface area is 96.0 Å². The van der Waals surface area contributed by atoms with Gasteiger partial charge in [-0.15, -0.1) is 0 Å². The maximum Gasteiger partial charge on any atom is 0.266 e. The van der Waals surface area contributed by atoms with E-state index in [9.17, 15) is 4.79 Å². The highest BCUT2D eigenvalue weighted by atomic mass is 16.1. The highest BCUT2D eigenvalue weighted by Gasteiger charge is 2.16. The maximum atomic E-state index is 11.7. The number of hydrogen-bond donors (Lipinski definition) is 2. The first-order valence-electron chi connectivity index (χ1n) is 6.17. The summed E-state index contributed by atoms with van der Waals surface area (Å²) in [5.41, 5.74) is 1.15. The first-order valence-corrected chi connectivity index (χ1v) is 6.17. The van der Waals surface area contributed by atoms with Crippen LogP contribution in [0.2, 0.25) is 0 Å². The minimum absolute atomic E-state index is 0.101. The zero-order chi connectivity index (χ0) is 11.5. The molecule has 0 spiro atoms. The van der Waals surface area contributed by atoms with E-state index in [1.54, 1.807) is 10.7 Å². The first-order chi connectivity index (χ1) is 7.65. The Morgan fingerprint density at radius 1 is 1.56 bits per heavy atom. The van der Waals surface area contributed by atoms with Crippen LogP contribution in [0, 0.1) is 5.92 Å². The predicted octanol–water partition coefficient (Wildman–Crippen LogP) is 1.13. The van der Waals surface area contributed by atoms with E-state index in [0.29, 0.717) is 12.0 Å². The van der Waals surface area contributed by atoms with Crippen LogP contribution in [0.4, 0.5) is 0 Å². The third-order valence-corrected chi connectivity index (χ3v) is 3.04. The molecule has 0 aliphatic carbocycles. The van der Waals surface area contributed by atoms with Crippen LogP contribution >= 0.6 is 0 Å². The smallest absolute Gasteiger partial charge is 0.266 e. The van der Waals surface area contributed by atoms with E-state index < -0.39 is 0 Å². The molecule has 2 heterocycles. The van der Waals surface area contributed by atoms with Crippen molar-refractivity contribution in [1.82, 2.24) is 15.1 Å². The van der Waals surface area contributed by atoms with Crippen molar-refractivity contribution in [3.05, 3.63) is 22.1 Å². The van der Waals surface area contributed by atoms with Crippen molar-refractivity contribution in [3.63, 3.8) is 0 Å². The third-order valence-electron chi connectivity index (χ3n) is 3.04. The van der Waals surface area contributed by atoms with E-state index in [2.05, 4.69) is 24.3 Å². The molecule has 2 N–H and O–H groups in total. The zero-order valence-electron chi connectivity index (χ0n) is 10.1. The van der Waals surface area contributed by atoms with Crippen molar-refractivity contribution in [2.45, 2.75) is 45.7 Å². The van der Waals surface area contributed by atoms with Crippen LogP contribution < -0.4 is 10.9 Å². The van der Waals surface area contributed by atoms with Crippen molar-refractivity contribution in [1.29, 1.82) is 0 Å². The molecule has 1 aromatic rings. The Bertz CT molecular complexity index is 385. The topological polar surface area (TPSA) is 49.8 Å². The van der Waals surface area contributed by atoms with Gasteiger partial charge in [-0.3, -0.25) is 14.6 Å². The lowest BCUT2D eigenvalue weighted by Crippen LogP contribution is -2.31. The summed E-state index contributed by atoms with van der Waals surface area (Å²) in [5, 5.41) is 6.61. The molecule has 0 saturated carbocycles. The van der Waals surface area contributed by atoms with Crippen molar-refractivity contribution in [2.75, 3.05) is 6.54 Å². The fraction of sp³-hybridized carbons (Fsp3) is 0.750. The summed E-state index contributed by atoms with van der Waals surface area (Å²) >= 11 is 0. The second kappa shape index (κ2) is 4.87. The standard InChI is InChI=1S/C12H21N3O/c1-9(2)6-11-7-12(16)15(14-11)8-10-4-3-5-13-10/h7,9-10,13-14H,3-6,8H2,1-2H3. The lowest BCUT2D eigenvalue weighted by atomic mass is 10.1. The monoisotopic (exact) mass is 223 g/mol. The minimum Gasteiger partial charge on any atom is -0.312 e. The van der Waals surface area contributed by atoms with Crippen LogP contribution in [0.15, 0.2) is 10.9 Å². The molecule has 1 atom stereocenters. The van der Waals surface area contributed by atoms with Crippen LogP contribution in [-0.4, -0.2) is 22.4 Å². The molecule has 0 radical (unpaired) electrons. The minimum atomic E-state index is 0.101. The van der Waals surface area contributed by atoms with Crippen molar-refractivity contribution in [2.24, 2.45) is 5.92 Å². The van der Waals surface area contributed by atoms with E-state index in [-0.39, 0.29) is 5.56 Å². The van der Waals surface area contributed by atoms with Crippen LogP contribution in [0.25, 0.3) is 0 Å². The van der Waals surface area contributed by atoms with Gasteiger partial charge in [0.25, 0.3) is 5.56 Å². The van der Waals surface area contributed by atoms with Crippen LogP contribution in [0.3, 0.4) is 0 Å². The Morgan fingerprint density at radius 3 is 3.00 bits per heavy atom. The normalized spacial score (nSPS) is 20.8. The molecule has 16 heavy (non-hydrogen) atoms. The molecular formula is C12H21N3O. The molecule has 0 amide bonds. The van der Waals surface area contributed by atoms with Crippen LogP contribution in [-0.2, 0) is 13.0 Å². The lowest BCUT2D eigenvalue weighted by molar-refractivity contribution is 0.462. The van der Waals surface area contributed by atoms with Gasteiger partial charge in [-0.1, -0.05) is 13.8 Å². The molecule has 1 aliphatic heterocycles. The third kappa shape index (κ3) is 2.76. The van der Waals surface area contributed by atoms with Gasteiger partial charge in [-0.05, 0) is 31.7 Å². The number of aromatic nitrogens is 2. The summed E-state index contributed by atoms with van der Waals surface area (Å²) in [6, 6.07) is 2.19. The second-order valence-corrected chi connectivity index (χ2v) is 5.12. The summed E-state index contributed by atoms with van der Waals surface area (Å²) < 4.78 is 1.74. The fourth-order valence-electron chi connectivity index (χ4n) is 2.30. The number of hydrogen-bond acceptors (Lipinski definition) is 2. The highest BCUT2D eigenvalue weighted by molar-refractivity contribution is 5.00. The Morgan fingerprint density at radius 2 is 2.38 bits per heavy atom. The number of nitrogens with zero attached hydrogens (tertiary/aromatic N) is 1. The molecule has 90 valence electrons. The maximum absolute atomic E-state index is 11.7. The van der Waals surface area contributed by atoms with Crippen molar-refractivity contribution >= 4 is 0 Å². The quantitative estimate of drug-likeness (QED) is 0.804. The van der Waals surface area contributed by atoms with Gasteiger partial charge >= 0.3 is 0 Å². The number of nitrogens with one attached hydrogen (secondary N) is 2. The molecule has 1 fully saturated rings. The summed E-state index contributed by atoms with van der Waals surface area (Å²) in [4.78, 5) is 11.7. The Hall–Kier alpha value is -1.03. The van der Waals surface area contributed by atoms with E-state index in [1.807, 2.05) is 0 Å². The second-order valence-electron chi connectivity index (χ2n) is 5.12. The molecule has 4 heteroatoms. The predicted molar refractivity (Wildman–Crippen MR) is 64.6 cm³/mol. The summed E-state index contributed by atoms with van der Waals surface area (Å²) in [6.45, 7) is 6.18. The first kappa shape index (κ1) is 11.5. The van der Waals surface area contributed by atoms with E-state index in [1.165, 1.54) is 12.8 Å². The van der Waals surface area contributed by atoms with Gasteiger partial charge in [0, 0.05) is 17.8 Å². The van der Waals surface area contributed by atoms with Gasteiger partial charge in [-0.2, -0.15) is 0 Å². The fourth-order valence-corrected chi connectivity index (χ4v) is 2.30. The largest absolute Gasteiger partial charge is 0.312 e. The Kier molecular flexibility index (Phi) is 3.49. The van der Waals surface area contributed by atoms with Gasteiger partial charge in [0.15, 0.2) is 0 Å². The van der Waals surface area contributed by atoms with Crippen molar-refractivity contribution in [3.8, 4) is 0 Å². The zero-order valence-corrected chi connectivity index (χ0v) is 10.1. The average Bonchev–Trinajstić information content (AvgIpc) is 2.77. The number of aromatic amines is 1. The number of rotatable bonds is 4. The van der Waals surface area contributed by atoms with Gasteiger partial charge in [0.2, 0.25) is 0 Å². The van der Waals surface area contributed by atoms with E-state index in [4.69, 9.17) is 0 Å². The van der Waals surface area contributed by atoms with Crippen LogP contribution in [0.5, 0.6) is 0 Å². The lowest BCUT2D eigenvalue weighted by Gasteiger charge is -2.10. The number of H-pyrrole nitrogens is 1.